The molecule has 0 aliphatic carbocycles. The first-order chi connectivity index (χ1) is 12.2. The van der Waals surface area contributed by atoms with Crippen molar-refractivity contribution >= 4 is 21.6 Å². The molecule has 2 aliphatic rings. The highest BCUT2D eigenvalue weighted by Crippen LogP contribution is 2.35. The lowest BCUT2D eigenvalue weighted by Crippen LogP contribution is -2.43. The molecule has 0 unspecified atom stereocenters. The van der Waals surface area contributed by atoms with Gasteiger partial charge in [-0.15, -0.1) is 0 Å². The van der Waals surface area contributed by atoms with Crippen LogP contribution in [0, 0.1) is 11.3 Å². The molecule has 0 aromatic carbocycles. The van der Waals surface area contributed by atoms with Crippen LogP contribution in [0.1, 0.15) is 44.0 Å². The van der Waals surface area contributed by atoms with Crippen LogP contribution in [-0.2, 0) is 9.84 Å². The number of aromatic nitrogens is 1. The molecule has 0 spiro atoms. The second-order valence-corrected chi connectivity index (χ2v) is 10.8. The van der Waals surface area contributed by atoms with Gasteiger partial charge >= 0.3 is 0 Å². The van der Waals surface area contributed by atoms with Crippen LogP contribution in [0.15, 0.2) is 18.3 Å². The Morgan fingerprint density at radius 2 is 1.69 bits per heavy atom. The first kappa shape index (κ1) is 19.1. The van der Waals surface area contributed by atoms with Crippen LogP contribution in [0.5, 0.6) is 0 Å². The molecule has 1 aromatic heterocycles. The van der Waals surface area contributed by atoms with Gasteiger partial charge in [0, 0.05) is 32.4 Å². The van der Waals surface area contributed by atoms with E-state index < -0.39 is 9.84 Å². The van der Waals surface area contributed by atoms with Gasteiger partial charge in [0.1, 0.15) is 5.82 Å². The van der Waals surface area contributed by atoms with Gasteiger partial charge in [0.05, 0.1) is 17.1 Å². The second-order valence-electron chi connectivity index (χ2n) is 8.48. The Morgan fingerprint density at radius 1 is 1.08 bits per heavy atom. The van der Waals surface area contributed by atoms with Crippen molar-refractivity contribution in [3.63, 3.8) is 0 Å². The average molecular weight is 380 g/mol. The quantitative estimate of drug-likeness (QED) is 0.788. The second kappa shape index (κ2) is 7.18. The highest BCUT2D eigenvalue weighted by molar-refractivity contribution is 7.91. The van der Waals surface area contributed by atoms with Crippen LogP contribution in [0.3, 0.4) is 0 Å². The van der Waals surface area contributed by atoms with E-state index in [9.17, 15) is 13.2 Å². The molecule has 1 aromatic rings. The van der Waals surface area contributed by atoms with Crippen LogP contribution < -0.4 is 4.90 Å². The lowest BCUT2D eigenvalue weighted by Gasteiger charge is -2.39. The molecular formula is C19H29N3O3S. The molecule has 1 amide bonds. The van der Waals surface area contributed by atoms with Crippen molar-refractivity contribution < 1.29 is 13.2 Å². The summed E-state index contributed by atoms with van der Waals surface area (Å²) in [5, 5.41) is 0. The molecule has 3 rings (SSSR count). The maximum Gasteiger partial charge on any atom is 0.255 e. The summed E-state index contributed by atoms with van der Waals surface area (Å²) in [5.74, 6) is 1.61. The number of hydrogen-bond donors (Lipinski definition) is 0. The fraction of sp³-hybridized carbons (Fsp3) is 0.684. The summed E-state index contributed by atoms with van der Waals surface area (Å²) >= 11 is 0. The summed E-state index contributed by atoms with van der Waals surface area (Å²) in [4.78, 5) is 20.9. The van der Waals surface area contributed by atoms with Gasteiger partial charge in [0.15, 0.2) is 9.84 Å². The van der Waals surface area contributed by atoms with Crippen LogP contribution in [0.4, 0.5) is 5.82 Å². The molecule has 2 saturated heterocycles. The number of carbonyl (C=O) groups is 1. The number of anilines is 1. The molecule has 6 nitrogen and oxygen atoms in total. The van der Waals surface area contributed by atoms with Gasteiger partial charge in [-0.2, -0.15) is 0 Å². The number of nitrogens with zero attached hydrogens (tertiary/aromatic N) is 3. The van der Waals surface area contributed by atoms with Gasteiger partial charge in [-0.3, -0.25) is 4.79 Å². The number of piperidine rings is 1. The van der Waals surface area contributed by atoms with Crippen LogP contribution in [0.2, 0.25) is 0 Å². The third kappa shape index (κ3) is 4.37. The third-order valence-corrected chi connectivity index (χ3v) is 7.28. The molecule has 7 heteroatoms. The number of rotatable bonds is 2. The van der Waals surface area contributed by atoms with E-state index in [1.807, 2.05) is 12.1 Å². The number of amides is 1. The van der Waals surface area contributed by atoms with Gasteiger partial charge < -0.3 is 9.80 Å². The molecular weight excluding hydrogens is 350 g/mol. The van der Waals surface area contributed by atoms with E-state index >= 15 is 0 Å². The molecule has 144 valence electrons. The lowest BCUT2D eigenvalue weighted by atomic mass is 9.75. The number of pyridine rings is 1. The van der Waals surface area contributed by atoms with E-state index in [1.54, 1.807) is 11.1 Å². The molecule has 0 saturated carbocycles. The van der Waals surface area contributed by atoms with Crippen LogP contribution in [0.25, 0.3) is 0 Å². The smallest absolute Gasteiger partial charge is 0.255 e. The van der Waals surface area contributed by atoms with Crippen molar-refractivity contribution in [2.24, 2.45) is 11.3 Å². The third-order valence-electron chi connectivity index (χ3n) is 5.67. The molecule has 3 heterocycles. The zero-order valence-corrected chi connectivity index (χ0v) is 16.8. The highest BCUT2D eigenvalue weighted by atomic mass is 32.2. The fourth-order valence-corrected chi connectivity index (χ4v) is 4.97. The minimum atomic E-state index is -2.98. The molecule has 0 N–H and O–H groups in total. The molecule has 0 bridgehead atoms. The monoisotopic (exact) mass is 379 g/mol. The molecule has 0 radical (unpaired) electrons. The zero-order valence-electron chi connectivity index (χ0n) is 15.9. The van der Waals surface area contributed by atoms with Gasteiger partial charge in [-0.05, 0) is 36.3 Å². The molecule has 26 heavy (non-hydrogen) atoms. The van der Waals surface area contributed by atoms with Crippen LogP contribution in [-0.4, -0.2) is 61.9 Å². The van der Waals surface area contributed by atoms with Crippen molar-refractivity contribution in [1.29, 1.82) is 0 Å². The normalized spacial score (nSPS) is 21.7. The topological polar surface area (TPSA) is 70.6 Å². The zero-order chi connectivity index (χ0) is 18.9. The number of hydrogen-bond acceptors (Lipinski definition) is 5. The molecule has 2 aliphatic heterocycles. The summed E-state index contributed by atoms with van der Waals surface area (Å²) in [7, 11) is -2.98. The molecule has 0 atom stereocenters. The Balaban J connectivity index is 1.60. The number of sulfone groups is 1. The van der Waals surface area contributed by atoms with E-state index in [-0.39, 0.29) is 30.5 Å². The minimum Gasteiger partial charge on any atom is -0.357 e. The van der Waals surface area contributed by atoms with Gasteiger partial charge in [0.2, 0.25) is 0 Å². The van der Waals surface area contributed by atoms with Crippen molar-refractivity contribution in [2.75, 3.05) is 42.6 Å². The predicted octanol–water partition coefficient (Wildman–Crippen LogP) is 2.21. The van der Waals surface area contributed by atoms with Crippen molar-refractivity contribution in [1.82, 2.24) is 9.88 Å². The van der Waals surface area contributed by atoms with Gasteiger partial charge in [-0.25, -0.2) is 13.4 Å². The van der Waals surface area contributed by atoms with Gasteiger partial charge in [0.25, 0.3) is 5.91 Å². The first-order valence-corrected chi connectivity index (χ1v) is 11.2. The fourth-order valence-electron chi connectivity index (χ4n) is 3.77. The van der Waals surface area contributed by atoms with E-state index in [1.165, 1.54) is 0 Å². The predicted molar refractivity (Wildman–Crippen MR) is 103 cm³/mol. The maximum absolute atomic E-state index is 12.5. The average Bonchev–Trinajstić information content (AvgIpc) is 2.61. The van der Waals surface area contributed by atoms with E-state index in [0.29, 0.717) is 11.0 Å². The van der Waals surface area contributed by atoms with Crippen molar-refractivity contribution in [2.45, 2.75) is 33.6 Å². The van der Waals surface area contributed by atoms with E-state index in [0.717, 1.165) is 37.7 Å². The summed E-state index contributed by atoms with van der Waals surface area (Å²) in [6.45, 7) is 9.43. The minimum absolute atomic E-state index is 0.0486. The largest absolute Gasteiger partial charge is 0.357 e. The molecule has 2 fully saturated rings. The first-order valence-electron chi connectivity index (χ1n) is 9.36. The summed E-state index contributed by atoms with van der Waals surface area (Å²) in [5.41, 5.74) is 0.871. The van der Waals surface area contributed by atoms with E-state index in [4.69, 9.17) is 0 Å². The lowest BCUT2D eigenvalue weighted by molar-refractivity contribution is 0.0770. The summed E-state index contributed by atoms with van der Waals surface area (Å²) in [6, 6.07) is 3.72. The van der Waals surface area contributed by atoms with Crippen LogP contribution >= 0.6 is 0 Å². The summed E-state index contributed by atoms with van der Waals surface area (Å²) < 4.78 is 23.0. The van der Waals surface area contributed by atoms with Gasteiger partial charge in [-0.1, -0.05) is 20.8 Å². The Labute approximate surface area is 156 Å². The Kier molecular flexibility index (Phi) is 5.28. The number of carbonyl (C=O) groups excluding carboxylic acids is 1. The standard InChI is InChI=1S/C19H29N3O3S/c1-19(2,3)16-6-8-21(9-7-16)17-5-4-15(14-20-17)18(23)22-10-12-26(24,25)13-11-22/h4-5,14,16H,6-13H2,1-3H3. The Hall–Kier alpha value is -1.63. The highest BCUT2D eigenvalue weighted by Gasteiger charge is 2.29. The summed E-state index contributed by atoms with van der Waals surface area (Å²) in [6.07, 6.45) is 3.94. The van der Waals surface area contributed by atoms with Crippen molar-refractivity contribution in [3.8, 4) is 0 Å². The van der Waals surface area contributed by atoms with Crippen molar-refractivity contribution in [3.05, 3.63) is 23.9 Å². The Bertz CT molecular complexity index is 731. The van der Waals surface area contributed by atoms with E-state index in [2.05, 4.69) is 30.7 Å². The maximum atomic E-state index is 12.5. The Morgan fingerprint density at radius 3 is 2.19 bits per heavy atom. The SMILES string of the molecule is CC(C)(C)C1CCN(c2ccc(C(=O)N3CCS(=O)(=O)CC3)cn2)CC1.